The summed E-state index contributed by atoms with van der Waals surface area (Å²) in [5.41, 5.74) is 0. The highest BCUT2D eigenvalue weighted by molar-refractivity contribution is 7.85. The average Bonchev–Trinajstić information content (AvgIpc) is 2.44. The largest absolute Gasteiger partial charge is 0.316 e. The van der Waals surface area contributed by atoms with Crippen LogP contribution in [0.25, 0.3) is 0 Å². The molecule has 1 rings (SSSR count). The van der Waals surface area contributed by atoms with Gasteiger partial charge in [-0.3, -0.25) is 4.55 Å². The van der Waals surface area contributed by atoms with E-state index in [1.165, 1.54) is 38.5 Å². The summed E-state index contributed by atoms with van der Waals surface area (Å²) in [6, 6.07) is 0. The van der Waals surface area contributed by atoms with Gasteiger partial charge in [0.2, 0.25) is 0 Å². The lowest BCUT2D eigenvalue weighted by molar-refractivity contribution is 0.424. The van der Waals surface area contributed by atoms with Crippen LogP contribution in [-0.2, 0) is 10.1 Å². The molecule has 1 aliphatic carbocycles. The third kappa shape index (κ3) is 7.19. The van der Waals surface area contributed by atoms with Crippen molar-refractivity contribution in [2.45, 2.75) is 44.9 Å². The third-order valence-electron chi connectivity index (χ3n) is 3.16. The van der Waals surface area contributed by atoms with Gasteiger partial charge in [-0.05, 0) is 38.3 Å². The quantitative estimate of drug-likeness (QED) is 0.428. The summed E-state index contributed by atoms with van der Waals surface area (Å²) in [7, 11) is -3.78. The maximum Gasteiger partial charge on any atom is 0.264 e. The van der Waals surface area contributed by atoms with Crippen LogP contribution in [0.15, 0.2) is 0 Å². The molecule has 0 aliphatic heterocycles. The first-order valence-electron chi connectivity index (χ1n) is 6.24. The van der Waals surface area contributed by atoms with Gasteiger partial charge >= 0.3 is 0 Å². The van der Waals surface area contributed by atoms with Gasteiger partial charge in [0.1, 0.15) is 0 Å². The summed E-state index contributed by atoms with van der Waals surface area (Å²) in [6.45, 7) is 1.67. The highest BCUT2D eigenvalue weighted by Crippen LogP contribution is 2.21. The number of rotatable bonds is 6. The van der Waals surface area contributed by atoms with E-state index < -0.39 is 10.1 Å². The van der Waals surface area contributed by atoms with Crippen LogP contribution >= 0.6 is 0 Å². The molecular weight excluding hydrogens is 226 g/mol. The van der Waals surface area contributed by atoms with Crippen molar-refractivity contribution in [3.63, 3.8) is 0 Å². The van der Waals surface area contributed by atoms with E-state index in [9.17, 15) is 8.42 Å². The predicted octanol–water partition coefficient (Wildman–Crippen LogP) is 1.82. The molecule has 0 saturated heterocycles. The van der Waals surface area contributed by atoms with Crippen LogP contribution in [0.1, 0.15) is 44.9 Å². The highest BCUT2D eigenvalue weighted by atomic mass is 32.2. The van der Waals surface area contributed by atoms with E-state index in [1.54, 1.807) is 0 Å². The highest BCUT2D eigenvalue weighted by Gasteiger charge is 2.11. The van der Waals surface area contributed by atoms with Crippen LogP contribution in [-0.4, -0.2) is 31.8 Å². The van der Waals surface area contributed by atoms with Crippen molar-refractivity contribution < 1.29 is 13.0 Å². The van der Waals surface area contributed by atoms with Gasteiger partial charge in [-0.1, -0.05) is 25.7 Å². The van der Waals surface area contributed by atoms with Gasteiger partial charge in [-0.2, -0.15) is 8.42 Å². The Morgan fingerprint density at radius 2 is 1.75 bits per heavy atom. The molecule has 0 atom stereocenters. The molecule has 4 nitrogen and oxygen atoms in total. The van der Waals surface area contributed by atoms with Crippen LogP contribution in [0.3, 0.4) is 0 Å². The number of hydrogen-bond donors (Lipinski definition) is 2. The van der Waals surface area contributed by atoms with Crippen molar-refractivity contribution in [2.75, 3.05) is 18.8 Å². The second kappa shape index (κ2) is 7.25. The van der Waals surface area contributed by atoms with E-state index in [0.717, 1.165) is 12.5 Å². The van der Waals surface area contributed by atoms with Crippen LogP contribution in [0.2, 0.25) is 0 Å². The lowest BCUT2D eigenvalue weighted by atomic mass is 10.0. The second-order valence-electron chi connectivity index (χ2n) is 4.70. The summed E-state index contributed by atoms with van der Waals surface area (Å²) in [5, 5.41) is 3.28. The van der Waals surface area contributed by atoms with E-state index in [4.69, 9.17) is 4.55 Å². The standard InChI is InChI=1S/C11H23NO3S/c13-16(14,15)9-5-8-12-10-11-6-3-1-2-4-7-11/h11-12H,1-10H2,(H,13,14,15). The summed E-state index contributed by atoms with van der Waals surface area (Å²) in [6.07, 6.45) is 8.47. The fraction of sp³-hybridized carbons (Fsp3) is 1.00. The van der Waals surface area contributed by atoms with E-state index >= 15 is 0 Å². The first-order valence-corrected chi connectivity index (χ1v) is 7.85. The van der Waals surface area contributed by atoms with Gasteiger partial charge < -0.3 is 5.32 Å². The van der Waals surface area contributed by atoms with E-state index in [0.29, 0.717) is 13.0 Å². The van der Waals surface area contributed by atoms with Crippen molar-refractivity contribution in [2.24, 2.45) is 5.92 Å². The Kier molecular flexibility index (Phi) is 6.31. The Hall–Kier alpha value is -0.130. The van der Waals surface area contributed by atoms with E-state index in [-0.39, 0.29) is 5.75 Å². The molecule has 0 spiro atoms. The van der Waals surface area contributed by atoms with Gasteiger partial charge in [-0.25, -0.2) is 0 Å². The first-order chi connectivity index (χ1) is 7.58. The van der Waals surface area contributed by atoms with E-state index in [1.807, 2.05) is 0 Å². The molecule has 96 valence electrons. The van der Waals surface area contributed by atoms with Crippen molar-refractivity contribution in [3.05, 3.63) is 0 Å². The van der Waals surface area contributed by atoms with Gasteiger partial charge in [0.05, 0.1) is 5.75 Å². The predicted molar refractivity (Wildman–Crippen MR) is 65.1 cm³/mol. The molecule has 0 heterocycles. The Morgan fingerprint density at radius 3 is 2.31 bits per heavy atom. The van der Waals surface area contributed by atoms with Crippen LogP contribution in [0, 0.1) is 5.92 Å². The molecule has 0 bridgehead atoms. The zero-order valence-corrected chi connectivity index (χ0v) is 10.6. The molecule has 16 heavy (non-hydrogen) atoms. The van der Waals surface area contributed by atoms with Crippen LogP contribution in [0.5, 0.6) is 0 Å². The summed E-state index contributed by atoms with van der Waals surface area (Å²) < 4.78 is 29.5. The molecule has 0 aromatic carbocycles. The zero-order chi connectivity index (χ0) is 11.9. The molecular formula is C11H23NO3S. The number of hydrogen-bond acceptors (Lipinski definition) is 3. The molecule has 2 N–H and O–H groups in total. The fourth-order valence-corrected chi connectivity index (χ4v) is 2.76. The first kappa shape index (κ1) is 13.9. The zero-order valence-electron chi connectivity index (χ0n) is 9.82. The van der Waals surface area contributed by atoms with Gasteiger partial charge in [0.15, 0.2) is 0 Å². The third-order valence-corrected chi connectivity index (χ3v) is 3.97. The smallest absolute Gasteiger partial charge is 0.264 e. The maximum absolute atomic E-state index is 10.5. The summed E-state index contributed by atoms with van der Waals surface area (Å²) in [5.74, 6) is 0.623. The minimum Gasteiger partial charge on any atom is -0.316 e. The second-order valence-corrected chi connectivity index (χ2v) is 6.27. The van der Waals surface area contributed by atoms with Crippen LogP contribution < -0.4 is 5.32 Å². The van der Waals surface area contributed by atoms with Crippen molar-refractivity contribution in [1.29, 1.82) is 0 Å². The summed E-state index contributed by atoms with van der Waals surface area (Å²) in [4.78, 5) is 0. The SMILES string of the molecule is O=S(=O)(O)CCCNCC1CCCCCC1. The van der Waals surface area contributed by atoms with Crippen molar-refractivity contribution in [3.8, 4) is 0 Å². The molecule has 1 saturated carbocycles. The van der Waals surface area contributed by atoms with Crippen molar-refractivity contribution in [1.82, 2.24) is 5.32 Å². The van der Waals surface area contributed by atoms with Gasteiger partial charge in [-0.15, -0.1) is 0 Å². The van der Waals surface area contributed by atoms with E-state index in [2.05, 4.69) is 5.32 Å². The molecule has 5 heteroatoms. The topological polar surface area (TPSA) is 66.4 Å². The molecule has 0 radical (unpaired) electrons. The van der Waals surface area contributed by atoms with Crippen LogP contribution in [0.4, 0.5) is 0 Å². The molecule has 0 aromatic rings. The van der Waals surface area contributed by atoms with Gasteiger partial charge in [0, 0.05) is 0 Å². The maximum atomic E-state index is 10.5. The Morgan fingerprint density at radius 1 is 1.12 bits per heavy atom. The Labute approximate surface area is 98.6 Å². The summed E-state index contributed by atoms with van der Waals surface area (Å²) >= 11 is 0. The molecule has 0 aromatic heterocycles. The van der Waals surface area contributed by atoms with Crippen molar-refractivity contribution >= 4 is 10.1 Å². The minimum atomic E-state index is -3.78. The lowest BCUT2D eigenvalue weighted by Gasteiger charge is -2.14. The molecule has 0 amide bonds. The number of nitrogens with one attached hydrogen (secondary N) is 1. The Balaban J connectivity index is 2.01. The molecule has 1 aliphatic rings. The normalized spacial score (nSPS) is 19.6. The fourth-order valence-electron chi connectivity index (χ4n) is 2.25. The molecule has 0 unspecified atom stereocenters. The lowest BCUT2D eigenvalue weighted by Crippen LogP contribution is -2.25. The van der Waals surface area contributed by atoms with Gasteiger partial charge in [0.25, 0.3) is 10.1 Å². The monoisotopic (exact) mass is 249 g/mol. The minimum absolute atomic E-state index is 0.134. The Bertz CT molecular complexity index is 269. The molecule has 1 fully saturated rings. The average molecular weight is 249 g/mol.